The quantitative estimate of drug-likeness (QED) is 0.824. The number of fused-ring (bicyclic) bond motifs is 1. The summed E-state index contributed by atoms with van der Waals surface area (Å²) in [6.07, 6.45) is 5.71. The van der Waals surface area contributed by atoms with E-state index in [-0.39, 0.29) is 24.0 Å². The molecular formula is C20H25N3O4S. The first-order valence-corrected chi connectivity index (χ1v) is 11.5. The van der Waals surface area contributed by atoms with Gasteiger partial charge in [0.05, 0.1) is 6.26 Å². The van der Waals surface area contributed by atoms with Crippen molar-refractivity contribution in [3.8, 4) is 5.75 Å². The van der Waals surface area contributed by atoms with Crippen molar-refractivity contribution in [1.29, 1.82) is 0 Å². The van der Waals surface area contributed by atoms with Crippen LogP contribution in [-0.4, -0.2) is 55.1 Å². The van der Waals surface area contributed by atoms with Gasteiger partial charge < -0.3 is 10.1 Å². The predicted octanol–water partition coefficient (Wildman–Crippen LogP) is 1.93. The number of sulfonamides is 1. The molecule has 1 N–H and O–H groups in total. The number of carbonyl (C=O) groups excluding carboxylic acids is 1. The molecule has 1 aliphatic carbocycles. The van der Waals surface area contributed by atoms with E-state index in [4.69, 9.17) is 4.74 Å². The monoisotopic (exact) mass is 403 g/mol. The summed E-state index contributed by atoms with van der Waals surface area (Å²) in [7, 11) is -3.14. The molecule has 2 fully saturated rings. The number of aromatic nitrogens is 1. The minimum absolute atomic E-state index is 0.0236. The van der Waals surface area contributed by atoms with E-state index in [0.29, 0.717) is 38.8 Å². The largest absolute Gasteiger partial charge is 0.488 e. The average Bonchev–Trinajstić information content (AvgIpc) is 2.64. The normalized spacial score (nSPS) is 23.9. The molecule has 150 valence electrons. The lowest BCUT2D eigenvalue weighted by atomic mass is 9.81. The molecule has 4 rings (SSSR count). The molecule has 7 nitrogen and oxygen atoms in total. The van der Waals surface area contributed by atoms with Gasteiger partial charge in [-0.3, -0.25) is 9.78 Å². The van der Waals surface area contributed by atoms with Gasteiger partial charge in [-0.1, -0.05) is 18.2 Å². The number of nitrogens with one attached hydrogen (secondary N) is 1. The third kappa shape index (κ3) is 4.12. The van der Waals surface area contributed by atoms with E-state index in [0.717, 1.165) is 16.7 Å². The van der Waals surface area contributed by atoms with E-state index in [1.54, 1.807) is 6.20 Å². The summed E-state index contributed by atoms with van der Waals surface area (Å²) < 4.78 is 30.7. The Labute approximate surface area is 165 Å². The molecule has 1 saturated heterocycles. The maximum Gasteiger partial charge on any atom is 0.223 e. The molecule has 0 bridgehead atoms. The van der Waals surface area contributed by atoms with Crippen LogP contribution < -0.4 is 10.1 Å². The Bertz CT molecular complexity index is 959. The van der Waals surface area contributed by atoms with Crippen molar-refractivity contribution in [2.75, 3.05) is 19.3 Å². The molecule has 0 spiro atoms. The minimum Gasteiger partial charge on any atom is -0.488 e. The molecular weight excluding hydrogens is 378 g/mol. The number of pyridine rings is 1. The fraction of sp³-hybridized carbons (Fsp3) is 0.500. The summed E-state index contributed by atoms with van der Waals surface area (Å²) in [4.78, 5) is 16.9. The van der Waals surface area contributed by atoms with Gasteiger partial charge in [-0.2, -0.15) is 0 Å². The van der Waals surface area contributed by atoms with Gasteiger partial charge in [-0.25, -0.2) is 12.7 Å². The van der Waals surface area contributed by atoms with Crippen LogP contribution in [0.3, 0.4) is 0 Å². The molecule has 1 aromatic heterocycles. The second kappa shape index (κ2) is 7.67. The fourth-order valence-electron chi connectivity index (χ4n) is 3.88. The number of hydrogen-bond acceptors (Lipinski definition) is 5. The highest BCUT2D eigenvalue weighted by atomic mass is 32.2. The van der Waals surface area contributed by atoms with Gasteiger partial charge in [0.2, 0.25) is 15.9 Å². The van der Waals surface area contributed by atoms with Crippen LogP contribution >= 0.6 is 0 Å². The zero-order valence-electron chi connectivity index (χ0n) is 15.9. The van der Waals surface area contributed by atoms with Gasteiger partial charge in [0, 0.05) is 36.6 Å². The second-order valence-corrected chi connectivity index (χ2v) is 9.67. The van der Waals surface area contributed by atoms with Gasteiger partial charge in [0.15, 0.2) is 0 Å². The number of hydrogen-bond donors (Lipinski definition) is 1. The molecule has 1 aromatic carbocycles. The lowest BCUT2D eigenvalue weighted by Gasteiger charge is -2.36. The number of ether oxygens (including phenoxy) is 1. The SMILES string of the molecule is CS(=O)(=O)N1CCC(NC(=O)C2CC(Oc3cccc4cccnc34)C2)CC1. The van der Waals surface area contributed by atoms with Crippen molar-refractivity contribution < 1.29 is 17.9 Å². The first-order valence-electron chi connectivity index (χ1n) is 9.66. The first-order chi connectivity index (χ1) is 13.4. The predicted molar refractivity (Wildman–Crippen MR) is 106 cm³/mol. The lowest BCUT2D eigenvalue weighted by molar-refractivity contribution is -0.131. The van der Waals surface area contributed by atoms with Crippen molar-refractivity contribution in [2.24, 2.45) is 5.92 Å². The van der Waals surface area contributed by atoms with Gasteiger partial charge in [-0.15, -0.1) is 0 Å². The van der Waals surface area contributed by atoms with Gasteiger partial charge in [-0.05, 0) is 37.8 Å². The van der Waals surface area contributed by atoms with E-state index < -0.39 is 10.0 Å². The molecule has 0 radical (unpaired) electrons. The van der Waals surface area contributed by atoms with Crippen molar-refractivity contribution in [2.45, 2.75) is 37.8 Å². The van der Waals surface area contributed by atoms with Crippen molar-refractivity contribution in [3.05, 3.63) is 36.5 Å². The van der Waals surface area contributed by atoms with E-state index in [1.165, 1.54) is 10.6 Å². The summed E-state index contributed by atoms with van der Waals surface area (Å²) in [6, 6.07) is 9.81. The third-order valence-corrected chi connectivity index (χ3v) is 6.93. The standard InChI is InChI=1S/C20H25N3O4S/c1-28(25,26)23-10-7-16(8-11-23)22-20(24)15-12-17(13-15)27-18-6-2-4-14-5-3-9-21-19(14)18/h2-6,9,15-17H,7-8,10-13H2,1H3,(H,22,24). The average molecular weight is 404 g/mol. The number of benzene rings is 1. The maximum absolute atomic E-state index is 12.5. The van der Waals surface area contributed by atoms with E-state index in [1.807, 2.05) is 30.3 Å². The fourth-order valence-corrected chi connectivity index (χ4v) is 4.75. The van der Waals surface area contributed by atoms with Gasteiger partial charge >= 0.3 is 0 Å². The van der Waals surface area contributed by atoms with Crippen LogP contribution in [0.15, 0.2) is 36.5 Å². The highest BCUT2D eigenvalue weighted by Gasteiger charge is 2.37. The Kier molecular flexibility index (Phi) is 5.25. The van der Waals surface area contributed by atoms with Gasteiger partial charge in [0.25, 0.3) is 0 Å². The minimum atomic E-state index is -3.14. The van der Waals surface area contributed by atoms with E-state index in [2.05, 4.69) is 10.3 Å². The number of carbonyl (C=O) groups is 1. The summed E-state index contributed by atoms with van der Waals surface area (Å²) >= 11 is 0. The number of rotatable bonds is 5. The molecule has 2 aromatic rings. The summed E-state index contributed by atoms with van der Waals surface area (Å²) in [5.74, 6) is 0.768. The Morgan fingerprint density at radius 1 is 1.18 bits per heavy atom. The first kappa shape index (κ1) is 19.1. The van der Waals surface area contributed by atoms with Crippen LogP contribution in [-0.2, 0) is 14.8 Å². The zero-order chi connectivity index (χ0) is 19.7. The highest BCUT2D eigenvalue weighted by molar-refractivity contribution is 7.88. The van der Waals surface area contributed by atoms with E-state index >= 15 is 0 Å². The van der Waals surface area contributed by atoms with Gasteiger partial charge in [0.1, 0.15) is 17.4 Å². The Balaban J connectivity index is 1.26. The van der Waals surface area contributed by atoms with E-state index in [9.17, 15) is 13.2 Å². The van der Waals surface area contributed by atoms with Crippen LogP contribution in [0.25, 0.3) is 10.9 Å². The number of piperidine rings is 1. The Hall–Kier alpha value is -2.19. The molecule has 2 aliphatic rings. The molecule has 0 atom stereocenters. The summed E-state index contributed by atoms with van der Waals surface area (Å²) in [6.45, 7) is 0.933. The molecule has 28 heavy (non-hydrogen) atoms. The van der Waals surface area contributed by atoms with Crippen molar-refractivity contribution in [1.82, 2.24) is 14.6 Å². The van der Waals surface area contributed by atoms with Crippen LogP contribution in [0.2, 0.25) is 0 Å². The molecule has 1 amide bonds. The van der Waals surface area contributed by atoms with Crippen LogP contribution in [0.5, 0.6) is 5.75 Å². The number of nitrogens with zero attached hydrogens (tertiary/aromatic N) is 2. The van der Waals surface area contributed by atoms with Crippen LogP contribution in [0.4, 0.5) is 0 Å². The molecule has 1 aliphatic heterocycles. The van der Waals surface area contributed by atoms with Crippen LogP contribution in [0.1, 0.15) is 25.7 Å². The van der Waals surface area contributed by atoms with Crippen molar-refractivity contribution in [3.63, 3.8) is 0 Å². The molecule has 0 unspecified atom stereocenters. The summed E-state index contributed by atoms with van der Waals surface area (Å²) in [5, 5.41) is 4.11. The van der Waals surface area contributed by atoms with Crippen LogP contribution in [0, 0.1) is 5.92 Å². The third-order valence-electron chi connectivity index (χ3n) is 5.62. The number of amides is 1. The second-order valence-electron chi connectivity index (χ2n) is 7.68. The lowest BCUT2D eigenvalue weighted by Crippen LogP contribution is -2.50. The maximum atomic E-state index is 12.5. The Morgan fingerprint density at radius 2 is 1.89 bits per heavy atom. The molecule has 1 saturated carbocycles. The Morgan fingerprint density at radius 3 is 2.61 bits per heavy atom. The highest BCUT2D eigenvalue weighted by Crippen LogP contribution is 2.34. The smallest absolute Gasteiger partial charge is 0.223 e. The van der Waals surface area contributed by atoms with Crippen molar-refractivity contribution >= 4 is 26.8 Å². The molecule has 2 heterocycles. The number of para-hydroxylation sites is 1. The topological polar surface area (TPSA) is 88.6 Å². The summed E-state index contributed by atoms with van der Waals surface area (Å²) in [5.41, 5.74) is 0.843. The molecule has 8 heteroatoms. The zero-order valence-corrected chi connectivity index (χ0v) is 16.7.